The van der Waals surface area contributed by atoms with E-state index in [-0.39, 0.29) is 31.6 Å². The highest BCUT2D eigenvalue weighted by Gasteiger charge is 2.40. The van der Waals surface area contributed by atoms with Crippen molar-refractivity contribution in [3.05, 3.63) is 64.6 Å². The minimum atomic E-state index is -0.932. The molecule has 162 valence electrons. The Morgan fingerprint density at radius 2 is 2.13 bits per heavy atom. The Kier molecular flexibility index (Phi) is 6.15. The number of ether oxygens (including phenoxy) is 1. The molecule has 0 bridgehead atoms. The number of aliphatic hydroxyl groups excluding tert-OH is 1. The molecule has 1 aliphatic rings. The first-order valence-corrected chi connectivity index (χ1v) is 10.7. The number of likely N-dealkylation sites (tertiary alicyclic amines) is 1. The van der Waals surface area contributed by atoms with Gasteiger partial charge in [-0.2, -0.15) is 0 Å². The SMILES string of the molecule is Cc1oc(-c2cccs2)nc1COC(=O)C1CC(O)CN1C(=O)Cc1ccccc1F. The summed E-state index contributed by atoms with van der Waals surface area (Å²) in [6.07, 6.45) is -0.975. The number of aryl methyl sites for hydroxylation is 1. The zero-order valence-electron chi connectivity index (χ0n) is 16.8. The quantitative estimate of drug-likeness (QED) is 0.588. The number of amides is 1. The molecule has 3 aromatic rings. The fraction of sp³-hybridized carbons (Fsp3) is 0.318. The minimum Gasteiger partial charge on any atom is -0.457 e. The molecule has 1 aliphatic heterocycles. The highest BCUT2D eigenvalue weighted by atomic mass is 32.1. The van der Waals surface area contributed by atoms with E-state index in [1.165, 1.54) is 28.4 Å². The van der Waals surface area contributed by atoms with Crippen LogP contribution in [-0.4, -0.2) is 45.6 Å². The average Bonchev–Trinajstić information content (AvgIpc) is 3.48. The summed E-state index contributed by atoms with van der Waals surface area (Å²) in [7, 11) is 0. The van der Waals surface area contributed by atoms with E-state index in [0.717, 1.165) is 4.88 Å². The summed E-state index contributed by atoms with van der Waals surface area (Å²) in [5.41, 5.74) is 0.722. The molecule has 4 rings (SSSR count). The molecule has 0 radical (unpaired) electrons. The maximum absolute atomic E-state index is 13.9. The summed E-state index contributed by atoms with van der Waals surface area (Å²) >= 11 is 1.49. The van der Waals surface area contributed by atoms with Gasteiger partial charge >= 0.3 is 5.97 Å². The fourth-order valence-electron chi connectivity index (χ4n) is 3.52. The summed E-state index contributed by atoms with van der Waals surface area (Å²) in [5, 5.41) is 11.9. The predicted molar refractivity (Wildman–Crippen MR) is 111 cm³/mol. The molecule has 0 saturated carbocycles. The van der Waals surface area contributed by atoms with E-state index >= 15 is 0 Å². The van der Waals surface area contributed by atoms with Gasteiger partial charge in [-0.05, 0) is 30.0 Å². The second-order valence-corrected chi connectivity index (χ2v) is 8.27. The van der Waals surface area contributed by atoms with Gasteiger partial charge in [0.25, 0.3) is 0 Å². The zero-order chi connectivity index (χ0) is 22.0. The molecule has 0 aliphatic carbocycles. The molecule has 1 saturated heterocycles. The first kappa shape index (κ1) is 21.2. The van der Waals surface area contributed by atoms with Crippen LogP contribution in [0.5, 0.6) is 0 Å². The van der Waals surface area contributed by atoms with E-state index in [4.69, 9.17) is 9.15 Å². The molecule has 9 heteroatoms. The normalized spacial score (nSPS) is 18.4. The molecule has 1 fully saturated rings. The van der Waals surface area contributed by atoms with Gasteiger partial charge in [0.2, 0.25) is 11.8 Å². The molecular weight excluding hydrogens is 423 g/mol. The molecule has 2 aromatic heterocycles. The number of rotatable bonds is 6. The van der Waals surface area contributed by atoms with Gasteiger partial charge < -0.3 is 19.2 Å². The van der Waals surface area contributed by atoms with Crippen LogP contribution in [0.1, 0.15) is 23.4 Å². The largest absolute Gasteiger partial charge is 0.457 e. The smallest absolute Gasteiger partial charge is 0.329 e. The number of carbonyl (C=O) groups excluding carboxylic acids is 2. The van der Waals surface area contributed by atoms with Crippen molar-refractivity contribution in [3.8, 4) is 10.8 Å². The third-order valence-corrected chi connectivity index (χ3v) is 6.00. The number of nitrogens with zero attached hydrogens (tertiary/aromatic N) is 2. The van der Waals surface area contributed by atoms with Gasteiger partial charge in [0.15, 0.2) is 0 Å². The van der Waals surface area contributed by atoms with Crippen molar-refractivity contribution in [1.82, 2.24) is 9.88 Å². The second-order valence-electron chi connectivity index (χ2n) is 7.33. The van der Waals surface area contributed by atoms with Crippen molar-refractivity contribution in [1.29, 1.82) is 0 Å². The Hall–Kier alpha value is -3.04. The summed E-state index contributed by atoms with van der Waals surface area (Å²) in [5.74, 6) is -0.579. The van der Waals surface area contributed by atoms with Crippen molar-refractivity contribution >= 4 is 23.2 Å². The number of benzene rings is 1. The van der Waals surface area contributed by atoms with Crippen molar-refractivity contribution in [2.75, 3.05) is 6.54 Å². The van der Waals surface area contributed by atoms with E-state index in [9.17, 15) is 19.1 Å². The van der Waals surface area contributed by atoms with Gasteiger partial charge in [-0.25, -0.2) is 14.2 Å². The fourth-order valence-corrected chi connectivity index (χ4v) is 4.17. The number of β-amino-alcohol motifs (C(OH)–C–C–N with tert-alkyl or cyclic N) is 1. The number of aromatic nitrogens is 1. The lowest BCUT2D eigenvalue weighted by atomic mass is 10.1. The minimum absolute atomic E-state index is 0.00142. The van der Waals surface area contributed by atoms with Gasteiger partial charge in [0.1, 0.15) is 29.9 Å². The molecule has 3 heterocycles. The lowest BCUT2D eigenvalue weighted by molar-refractivity contribution is -0.154. The Morgan fingerprint density at radius 3 is 2.87 bits per heavy atom. The van der Waals surface area contributed by atoms with Crippen LogP contribution in [-0.2, 0) is 27.4 Å². The predicted octanol–water partition coefficient (Wildman–Crippen LogP) is 3.10. The Morgan fingerprint density at radius 1 is 1.32 bits per heavy atom. The van der Waals surface area contributed by atoms with E-state index < -0.39 is 29.8 Å². The van der Waals surface area contributed by atoms with Crippen molar-refractivity contribution in [3.63, 3.8) is 0 Å². The monoisotopic (exact) mass is 444 g/mol. The second kappa shape index (κ2) is 8.99. The van der Waals surface area contributed by atoms with Gasteiger partial charge in [0, 0.05) is 13.0 Å². The highest BCUT2D eigenvalue weighted by molar-refractivity contribution is 7.13. The lowest BCUT2D eigenvalue weighted by Crippen LogP contribution is -2.42. The molecule has 1 amide bonds. The zero-order valence-corrected chi connectivity index (χ0v) is 17.6. The van der Waals surface area contributed by atoms with Gasteiger partial charge in [-0.15, -0.1) is 11.3 Å². The number of hydrogen-bond donors (Lipinski definition) is 1. The topological polar surface area (TPSA) is 92.9 Å². The molecular formula is C22H21FN2O5S. The van der Waals surface area contributed by atoms with Crippen molar-refractivity contribution in [2.45, 2.75) is 38.5 Å². The molecule has 1 aromatic carbocycles. The van der Waals surface area contributed by atoms with Gasteiger partial charge in [-0.3, -0.25) is 4.79 Å². The van der Waals surface area contributed by atoms with Crippen LogP contribution < -0.4 is 0 Å². The third kappa shape index (κ3) is 4.67. The standard InChI is InChI=1S/C22H21FN2O5S/c1-13-17(24-21(30-13)19-7-4-8-31-19)12-29-22(28)18-10-15(26)11-25(18)20(27)9-14-5-2-3-6-16(14)23/h2-8,15,18,26H,9-12H2,1H3. The van der Waals surface area contributed by atoms with Crippen LogP contribution in [0.2, 0.25) is 0 Å². The molecule has 0 spiro atoms. The molecule has 31 heavy (non-hydrogen) atoms. The van der Waals surface area contributed by atoms with Crippen LogP contribution in [0.15, 0.2) is 46.2 Å². The number of aliphatic hydroxyl groups is 1. The molecule has 2 unspecified atom stereocenters. The van der Waals surface area contributed by atoms with Crippen molar-refractivity contribution < 1.29 is 28.2 Å². The van der Waals surface area contributed by atoms with E-state index in [2.05, 4.69) is 4.98 Å². The first-order chi connectivity index (χ1) is 14.9. The number of hydrogen-bond acceptors (Lipinski definition) is 7. The number of esters is 1. The number of halogens is 1. The van der Waals surface area contributed by atoms with E-state index in [1.807, 2.05) is 17.5 Å². The number of carbonyl (C=O) groups is 2. The number of thiophene rings is 1. The summed E-state index contributed by atoms with van der Waals surface area (Å²) in [6.45, 7) is 1.62. The lowest BCUT2D eigenvalue weighted by Gasteiger charge is -2.23. The maximum Gasteiger partial charge on any atom is 0.329 e. The highest BCUT2D eigenvalue weighted by Crippen LogP contribution is 2.27. The summed E-state index contributed by atoms with van der Waals surface area (Å²) < 4.78 is 24.9. The molecule has 7 nitrogen and oxygen atoms in total. The average molecular weight is 444 g/mol. The summed E-state index contributed by atoms with van der Waals surface area (Å²) in [6, 6.07) is 8.81. The summed E-state index contributed by atoms with van der Waals surface area (Å²) in [4.78, 5) is 31.9. The number of oxazole rings is 1. The first-order valence-electron chi connectivity index (χ1n) is 9.80. The molecule has 2 atom stereocenters. The van der Waals surface area contributed by atoms with E-state index in [1.54, 1.807) is 19.1 Å². The van der Waals surface area contributed by atoms with Crippen LogP contribution in [0.25, 0.3) is 10.8 Å². The third-order valence-electron chi connectivity index (χ3n) is 5.15. The Bertz CT molecular complexity index is 1080. The van der Waals surface area contributed by atoms with Crippen LogP contribution in [0.4, 0.5) is 4.39 Å². The van der Waals surface area contributed by atoms with Crippen LogP contribution in [0.3, 0.4) is 0 Å². The van der Waals surface area contributed by atoms with Gasteiger partial charge in [-0.1, -0.05) is 24.3 Å². The maximum atomic E-state index is 13.9. The van der Waals surface area contributed by atoms with Crippen LogP contribution in [0, 0.1) is 12.7 Å². The van der Waals surface area contributed by atoms with E-state index in [0.29, 0.717) is 17.3 Å². The van der Waals surface area contributed by atoms with Gasteiger partial charge in [0.05, 0.1) is 17.4 Å². The molecule has 1 N–H and O–H groups in total. The Balaban J connectivity index is 1.41. The van der Waals surface area contributed by atoms with Crippen LogP contribution >= 0.6 is 11.3 Å². The Labute approximate surface area is 182 Å². The van der Waals surface area contributed by atoms with Crippen molar-refractivity contribution in [2.24, 2.45) is 0 Å².